The molecule has 0 saturated heterocycles. The van der Waals surface area contributed by atoms with Gasteiger partial charge in [0.25, 0.3) is 0 Å². The van der Waals surface area contributed by atoms with E-state index in [9.17, 15) is 0 Å². The normalized spacial score (nSPS) is 27.3. The molecule has 2 heterocycles. The molecule has 2 aliphatic heterocycles. The second-order valence-electron chi connectivity index (χ2n) is 4.89. The highest BCUT2D eigenvalue weighted by Crippen LogP contribution is 2.35. The Hall–Kier alpha value is -1.35. The summed E-state index contributed by atoms with van der Waals surface area (Å²) in [6.07, 6.45) is 1.00. The van der Waals surface area contributed by atoms with Crippen molar-refractivity contribution in [1.29, 1.82) is 0 Å². The zero-order valence-electron chi connectivity index (χ0n) is 10.4. The molecule has 1 aromatic rings. The van der Waals surface area contributed by atoms with Gasteiger partial charge in [-0.15, -0.1) is 0 Å². The summed E-state index contributed by atoms with van der Waals surface area (Å²) in [5.41, 5.74) is 3.68. The van der Waals surface area contributed by atoms with E-state index in [0.29, 0.717) is 0 Å². The van der Waals surface area contributed by atoms with E-state index >= 15 is 0 Å². The molecule has 1 aromatic carbocycles. The molecule has 0 aliphatic carbocycles. The van der Waals surface area contributed by atoms with Crippen molar-refractivity contribution >= 4 is 5.84 Å². The first-order valence-corrected chi connectivity index (χ1v) is 6.23. The first-order chi connectivity index (χ1) is 8.22. The van der Waals surface area contributed by atoms with Crippen LogP contribution < -0.4 is 5.32 Å². The maximum absolute atomic E-state index is 6.04. The van der Waals surface area contributed by atoms with E-state index in [4.69, 9.17) is 4.74 Å². The van der Waals surface area contributed by atoms with E-state index < -0.39 is 0 Å². The molecule has 0 bridgehead atoms. The van der Waals surface area contributed by atoms with Crippen LogP contribution in [0.4, 0.5) is 0 Å². The van der Waals surface area contributed by atoms with Crippen molar-refractivity contribution in [3.8, 4) is 0 Å². The molecule has 90 valence electrons. The van der Waals surface area contributed by atoms with Crippen molar-refractivity contribution in [3.05, 3.63) is 34.9 Å². The number of aryl methyl sites for hydroxylation is 1. The van der Waals surface area contributed by atoms with Crippen LogP contribution in [0.5, 0.6) is 0 Å². The van der Waals surface area contributed by atoms with E-state index in [1.54, 1.807) is 0 Å². The molecule has 0 amide bonds. The van der Waals surface area contributed by atoms with Gasteiger partial charge in [0.05, 0.1) is 13.2 Å². The van der Waals surface area contributed by atoms with Gasteiger partial charge in [-0.25, -0.2) is 0 Å². The lowest BCUT2D eigenvalue weighted by molar-refractivity contribution is 0.00558. The van der Waals surface area contributed by atoms with E-state index in [1.165, 1.54) is 16.7 Å². The zero-order chi connectivity index (χ0) is 11.9. The second-order valence-corrected chi connectivity index (χ2v) is 4.89. The number of hydrogen-bond acceptors (Lipinski definition) is 3. The number of hydrogen-bond donors (Lipinski definition) is 1. The number of amidine groups is 1. The summed E-state index contributed by atoms with van der Waals surface area (Å²) < 4.78 is 6.04. The van der Waals surface area contributed by atoms with Gasteiger partial charge in [-0.05, 0) is 37.0 Å². The molecule has 2 aliphatic rings. The van der Waals surface area contributed by atoms with Gasteiger partial charge in [0.2, 0.25) is 0 Å². The topological polar surface area (TPSA) is 33.6 Å². The van der Waals surface area contributed by atoms with Crippen LogP contribution in [0.2, 0.25) is 0 Å². The fraction of sp³-hybridized carbons (Fsp3) is 0.500. The van der Waals surface area contributed by atoms with Crippen molar-refractivity contribution in [2.24, 2.45) is 4.99 Å². The SMILES string of the molecule is Cc1cccc2c1CCOC2(C)C1=NCCN1. The number of aliphatic imine (C=N–C) groups is 1. The Balaban J connectivity index is 2.13. The molecule has 0 spiro atoms. The molecule has 17 heavy (non-hydrogen) atoms. The Morgan fingerprint density at radius 2 is 2.29 bits per heavy atom. The van der Waals surface area contributed by atoms with Crippen LogP contribution in [-0.2, 0) is 16.8 Å². The van der Waals surface area contributed by atoms with Crippen molar-refractivity contribution < 1.29 is 4.74 Å². The Morgan fingerprint density at radius 1 is 1.41 bits per heavy atom. The summed E-state index contributed by atoms with van der Waals surface area (Å²) in [4.78, 5) is 4.54. The van der Waals surface area contributed by atoms with Crippen LogP contribution in [0.15, 0.2) is 23.2 Å². The molecule has 0 aromatic heterocycles. The lowest BCUT2D eigenvalue weighted by atomic mass is 9.84. The first kappa shape index (κ1) is 10.8. The standard InChI is InChI=1S/C14H18N2O/c1-10-4-3-5-12-11(10)6-9-17-14(12,2)13-15-7-8-16-13/h3-5H,6-9H2,1-2H3,(H,15,16). The summed E-state index contributed by atoms with van der Waals surface area (Å²) in [5.74, 6) is 0.990. The molecule has 0 saturated carbocycles. The summed E-state index contributed by atoms with van der Waals surface area (Å²) in [7, 11) is 0. The Labute approximate surface area is 102 Å². The number of benzene rings is 1. The van der Waals surface area contributed by atoms with Crippen molar-refractivity contribution in [2.45, 2.75) is 25.9 Å². The molecule has 1 unspecified atom stereocenters. The van der Waals surface area contributed by atoms with Crippen LogP contribution >= 0.6 is 0 Å². The zero-order valence-corrected chi connectivity index (χ0v) is 10.4. The molecular formula is C14H18N2O. The number of rotatable bonds is 1. The summed E-state index contributed by atoms with van der Waals surface area (Å²) >= 11 is 0. The molecule has 1 atom stereocenters. The Morgan fingerprint density at radius 3 is 3.06 bits per heavy atom. The predicted molar refractivity (Wildman–Crippen MR) is 68.5 cm³/mol. The average molecular weight is 230 g/mol. The number of nitrogens with one attached hydrogen (secondary N) is 1. The maximum atomic E-state index is 6.04. The van der Waals surface area contributed by atoms with E-state index in [1.807, 2.05) is 0 Å². The number of fused-ring (bicyclic) bond motifs is 1. The summed E-state index contributed by atoms with van der Waals surface area (Å²) in [6.45, 7) is 6.86. The van der Waals surface area contributed by atoms with Gasteiger partial charge in [0.15, 0.2) is 0 Å². The third-order valence-corrected chi connectivity index (χ3v) is 3.79. The first-order valence-electron chi connectivity index (χ1n) is 6.23. The minimum absolute atomic E-state index is 0.379. The second kappa shape index (κ2) is 3.84. The van der Waals surface area contributed by atoms with E-state index in [0.717, 1.165) is 32.0 Å². The monoisotopic (exact) mass is 230 g/mol. The molecule has 3 heteroatoms. The van der Waals surface area contributed by atoms with Gasteiger partial charge >= 0.3 is 0 Å². The lowest BCUT2D eigenvalue weighted by Gasteiger charge is -2.36. The Bertz CT molecular complexity index is 481. The van der Waals surface area contributed by atoms with Crippen LogP contribution in [-0.4, -0.2) is 25.5 Å². The smallest absolute Gasteiger partial charge is 0.147 e. The third-order valence-electron chi connectivity index (χ3n) is 3.79. The molecule has 1 N–H and O–H groups in total. The molecule has 0 fully saturated rings. The molecular weight excluding hydrogens is 212 g/mol. The van der Waals surface area contributed by atoms with Gasteiger partial charge in [-0.2, -0.15) is 0 Å². The van der Waals surface area contributed by atoms with Crippen LogP contribution in [0.25, 0.3) is 0 Å². The van der Waals surface area contributed by atoms with Crippen LogP contribution in [0, 0.1) is 6.92 Å². The minimum Gasteiger partial charge on any atom is -0.369 e. The fourth-order valence-electron chi connectivity index (χ4n) is 2.83. The molecule has 0 radical (unpaired) electrons. The van der Waals surface area contributed by atoms with Crippen LogP contribution in [0.1, 0.15) is 23.6 Å². The highest BCUT2D eigenvalue weighted by molar-refractivity contribution is 5.93. The maximum Gasteiger partial charge on any atom is 0.147 e. The van der Waals surface area contributed by atoms with Gasteiger partial charge in [-0.3, -0.25) is 4.99 Å². The summed E-state index contributed by atoms with van der Waals surface area (Å²) in [6, 6.07) is 6.45. The average Bonchev–Trinajstić information content (AvgIpc) is 2.85. The van der Waals surface area contributed by atoms with Gasteiger partial charge in [0, 0.05) is 6.54 Å². The third kappa shape index (κ3) is 1.57. The number of ether oxygens (including phenoxy) is 1. The molecule has 3 nitrogen and oxygen atoms in total. The lowest BCUT2D eigenvalue weighted by Crippen LogP contribution is -2.45. The van der Waals surface area contributed by atoms with Gasteiger partial charge in [0.1, 0.15) is 11.4 Å². The van der Waals surface area contributed by atoms with Crippen molar-refractivity contribution in [1.82, 2.24) is 5.32 Å². The Kier molecular flexibility index (Phi) is 2.44. The van der Waals surface area contributed by atoms with E-state index in [-0.39, 0.29) is 5.60 Å². The quantitative estimate of drug-likeness (QED) is 0.798. The van der Waals surface area contributed by atoms with Gasteiger partial charge in [-0.1, -0.05) is 18.2 Å². The highest BCUT2D eigenvalue weighted by atomic mass is 16.5. The predicted octanol–water partition coefficient (Wildman–Crippen LogP) is 1.78. The molecule has 3 rings (SSSR count). The van der Waals surface area contributed by atoms with E-state index in [2.05, 4.69) is 42.4 Å². The fourth-order valence-corrected chi connectivity index (χ4v) is 2.83. The minimum atomic E-state index is -0.379. The largest absolute Gasteiger partial charge is 0.369 e. The number of nitrogens with zero attached hydrogens (tertiary/aromatic N) is 1. The summed E-state index contributed by atoms with van der Waals surface area (Å²) in [5, 5.41) is 3.35. The van der Waals surface area contributed by atoms with Crippen molar-refractivity contribution in [2.75, 3.05) is 19.7 Å². The highest BCUT2D eigenvalue weighted by Gasteiger charge is 2.39. The van der Waals surface area contributed by atoms with Crippen LogP contribution in [0.3, 0.4) is 0 Å². The van der Waals surface area contributed by atoms with Gasteiger partial charge < -0.3 is 10.1 Å². The van der Waals surface area contributed by atoms with Crippen molar-refractivity contribution in [3.63, 3.8) is 0 Å².